The number of nitrogens with two attached hydrogens (primary N) is 3. The van der Waals surface area contributed by atoms with E-state index in [1.165, 1.54) is 42.6 Å². The molecule has 15 amide bonds. The standard InChI is InChI=1S/C37H46ClN5O9.C35H46ClN5O8.C34H46ClN5O8S/c1-23(44)40-18-7-10-27(35(39)50)21-31(45)29(20-24-12-14-26(15-13-24)34(49)25-8-3-2-4-9-25)42-36(51)30-11-5-6-19-43(30)37(52)28(16-17-33(47)48)41-32(46)22-38;1-22(42)38-16-7-10-26(33(37)46)20-30(43)28(19-23-12-13-24-8-3-4-9-25(24)18-23)40-34(47)29-11-5-6-17-41(29)35(48)27(39-31(44)21-36)14-15-32(45)49-2;1-22(41)37-15-7-10-26(32(36)44)20-30(42)28(19-23-12-13-24-8-3-4-9-25(24)18-23)39-33(45)29-11-5-6-16-40(29)34(46)27(38-31(43)21-35)14-17-49(2,47)48/h2-4,8-9,12-15,27-30H,5-7,10-11,16-22H2,1H3,(H2,39,50)(H,40,44)(H,41,46)(H,42,51)(H,47,48);3-4,8-9,12-13,18,26-29H,5-7,10-11,14-17,19-21H2,1-2H3,(H2,37,46)(H,38,42)(H,39,44)(H,40,47);3-4,8-9,12-13,18,26-29H,5-7,10-11,14-17,19-21H2,1-2H3,(H2,36,44)(H,37,41)(H,38,43)(H,39,45)/t27-,28+,29+,30+;2*26-,27+,28+,29+/m111/s1. The van der Waals surface area contributed by atoms with Gasteiger partial charge in [-0.25, -0.2) is 8.42 Å². The molecule has 44 heteroatoms. The first-order valence-electron chi connectivity index (χ1n) is 50.1. The molecule has 0 saturated carbocycles. The fourth-order valence-electron chi connectivity index (χ4n) is 18.0. The number of nitrogens with zero attached hydrogens (tertiary/aromatic N) is 3. The Balaban J connectivity index is 0.000000304. The monoisotopic (exact) mass is 2160 g/mol. The number of halogens is 3. The number of carbonyl (C=O) groups excluding carboxylic acids is 20. The molecule has 3 heterocycles. The number of ketones is 4. The number of primary amides is 3. The van der Waals surface area contributed by atoms with Crippen molar-refractivity contribution in [1.82, 2.24) is 62.6 Å². The zero-order chi connectivity index (χ0) is 110. The van der Waals surface area contributed by atoms with E-state index in [2.05, 4.69) is 52.6 Å². The molecule has 16 N–H and O–H groups in total. The third-order valence-electron chi connectivity index (χ3n) is 26.0. The Kier molecular flexibility index (Phi) is 52.1. The second-order valence-electron chi connectivity index (χ2n) is 37.6. The molecule has 0 unspecified atom stereocenters. The summed E-state index contributed by atoms with van der Waals surface area (Å²) in [6, 6.07) is 32.3. The molecule has 6 aromatic carbocycles. The number of aliphatic carboxylic acids is 1. The number of methoxy groups -OCH3 is 1. The van der Waals surface area contributed by atoms with Crippen LogP contribution in [0.4, 0.5) is 0 Å². The van der Waals surface area contributed by atoms with Crippen LogP contribution in [0.25, 0.3) is 21.5 Å². The molecule has 0 aliphatic carbocycles. The number of amides is 15. The van der Waals surface area contributed by atoms with Gasteiger partial charge < -0.3 is 89.6 Å². The van der Waals surface area contributed by atoms with E-state index in [-0.39, 0.29) is 152 Å². The average molecular weight is 2160 g/mol. The lowest BCUT2D eigenvalue weighted by Gasteiger charge is -2.37. The van der Waals surface area contributed by atoms with E-state index >= 15 is 0 Å². The van der Waals surface area contributed by atoms with Crippen LogP contribution in [0.15, 0.2) is 140 Å². The van der Waals surface area contributed by atoms with Gasteiger partial charge in [-0.2, -0.15) is 0 Å². The number of fused-ring (bicyclic) bond motifs is 2. The average Bonchev–Trinajstić information content (AvgIpc) is 0.817. The van der Waals surface area contributed by atoms with Crippen LogP contribution < -0.4 is 65.1 Å². The molecule has 0 radical (unpaired) electrons. The number of piperidine rings is 3. The molecular formula is C106H138Cl3N15O25S. The number of sulfone groups is 1. The molecule has 0 bridgehead atoms. The number of likely N-dealkylation sites (tertiary alicyclic amines) is 3. The first kappa shape index (κ1) is 123. The number of hydrogen-bond acceptors (Lipinski definition) is 24. The predicted octanol–water partition coefficient (Wildman–Crippen LogP) is 5.18. The number of carboxylic acids is 1. The number of Topliss-reactive ketones (excluding diaryl/α,β-unsaturated/α-hetero) is 3. The number of hydrogen-bond donors (Lipinski definition) is 13. The first-order chi connectivity index (χ1) is 71.4. The fourth-order valence-corrected chi connectivity index (χ4v) is 18.9. The Morgan fingerprint density at radius 3 is 1.02 bits per heavy atom. The van der Waals surface area contributed by atoms with Gasteiger partial charge in [0.15, 0.2) is 23.1 Å². The highest BCUT2D eigenvalue weighted by Gasteiger charge is 2.43. The Bertz CT molecular complexity index is 5870. The normalized spacial score (nSPS) is 16.2. The number of nitrogens with one attached hydrogen (secondary N) is 9. The third-order valence-corrected chi connectivity index (χ3v) is 27.7. The minimum atomic E-state index is -3.48. The molecular weight excluding hydrogens is 2020 g/mol. The highest BCUT2D eigenvalue weighted by Crippen LogP contribution is 2.29. The van der Waals surface area contributed by atoms with E-state index in [9.17, 15) is 114 Å². The number of alkyl halides is 3. The maximum atomic E-state index is 14.0. The Morgan fingerprint density at radius 1 is 0.387 bits per heavy atom. The topological polar surface area (TPSA) is 618 Å². The molecule has 12 atom stereocenters. The van der Waals surface area contributed by atoms with Crippen LogP contribution in [0, 0.1) is 17.8 Å². The number of carbonyl (C=O) groups is 21. The van der Waals surface area contributed by atoms with Gasteiger partial charge in [-0.15, -0.1) is 34.8 Å². The van der Waals surface area contributed by atoms with Crippen molar-refractivity contribution in [3.63, 3.8) is 0 Å². The number of carboxylic acid groups (broad SMARTS) is 1. The summed E-state index contributed by atoms with van der Waals surface area (Å²) < 4.78 is 28.5. The Labute approximate surface area is 886 Å². The molecule has 3 aliphatic heterocycles. The van der Waals surface area contributed by atoms with Crippen LogP contribution in [-0.2, 0) is 130 Å². The summed E-state index contributed by atoms with van der Waals surface area (Å²) in [6.45, 7) is 5.61. The highest BCUT2D eigenvalue weighted by atomic mass is 35.5. The van der Waals surface area contributed by atoms with Crippen molar-refractivity contribution in [2.24, 2.45) is 35.0 Å². The smallest absolute Gasteiger partial charge is 0.305 e. The van der Waals surface area contributed by atoms with Gasteiger partial charge in [0.05, 0.1) is 31.0 Å². The quantitative estimate of drug-likeness (QED) is 0.0101. The largest absolute Gasteiger partial charge is 0.481 e. The summed E-state index contributed by atoms with van der Waals surface area (Å²) in [6.07, 6.45) is 5.87. The van der Waals surface area contributed by atoms with Crippen molar-refractivity contribution in [3.05, 3.63) is 167 Å². The van der Waals surface area contributed by atoms with Gasteiger partial charge >= 0.3 is 11.9 Å². The minimum Gasteiger partial charge on any atom is -0.481 e. The van der Waals surface area contributed by atoms with Crippen LogP contribution in [-0.4, -0.2) is 282 Å². The lowest BCUT2D eigenvalue weighted by atomic mass is 9.90. The SMILES string of the molecule is CC(=O)NCCC[C@H](CC(=O)[C@H](Cc1ccc(C(=O)c2ccccc2)cc1)NC(=O)[C@@H]1CCCCN1C(=O)[C@H](CCC(=O)O)NC(=O)CCl)C(N)=O.CC(=O)NCCC[C@H](CC(=O)[C@H](Cc1ccc2ccccc2c1)NC(=O)[C@@H]1CCCCN1C(=O)[C@H](CCS(C)(=O)=O)NC(=O)CCl)C(N)=O.COC(=O)CC[C@H](NC(=O)CCl)C(=O)N1CCCC[C@H]1C(=O)N[C@@H](Cc1ccc2ccccc2c1)C(=O)C[C@@H](CCCNC(C)=O)C(N)=O. The zero-order valence-corrected chi connectivity index (χ0v) is 88.1. The van der Waals surface area contributed by atoms with Crippen molar-refractivity contribution in [2.75, 3.05) is 76.0 Å². The molecule has 3 fully saturated rings. The molecule has 814 valence electrons. The Hall–Kier alpha value is -13.7. The van der Waals surface area contributed by atoms with Crippen LogP contribution in [0.3, 0.4) is 0 Å². The molecule has 3 aliphatic rings. The summed E-state index contributed by atoms with van der Waals surface area (Å²) >= 11 is 16.9. The van der Waals surface area contributed by atoms with Crippen molar-refractivity contribution in [1.29, 1.82) is 0 Å². The van der Waals surface area contributed by atoms with E-state index in [1.54, 1.807) is 54.6 Å². The molecule has 3 saturated heterocycles. The Morgan fingerprint density at radius 2 is 0.700 bits per heavy atom. The minimum absolute atomic E-state index is 0.00453. The highest BCUT2D eigenvalue weighted by molar-refractivity contribution is 7.90. The second kappa shape index (κ2) is 63.4. The van der Waals surface area contributed by atoms with Crippen molar-refractivity contribution < 1.29 is 119 Å². The molecule has 40 nitrogen and oxygen atoms in total. The van der Waals surface area contributed by atoms with E-state index < -0.39 is 206 Å². The van der Waals surface area contributed by atoms with Gasteiger partial charge in [-0.3, -0.25) is 101 Å². The summed E-state index contributed by atoms with van der Waals surface area (Å²) in [5.74, 6) is -15.6. The number of esters is 1. The van der Waals surface area contributed by atoms with Crippen molar-refractivity contribution in [3.8, 4) is 0 Å². The van der Waals surface area contributed by atoms with Crippen LogP contribution in [0.5, 0.6) is 0 Å². The predicted molar refractivity (Wildman–Crippen MR) is 560 cm³/mol. The molecule has 9 rings (SSSR count). The fraction of sp³-hybridized carbons (Fsp3) is 0.500. The first-order valence-corrected chi connectivity index (χ1v) is 53.8. The lowest BCUT2D eigenvalue weighted by Crippen LogP contribution is -2.59. The van der Waals surface area contributed by atoms with E-state index in [0.29, 0.717) is 94.0 Å². The van der Waals surface area contributed by atoms with Crippen LogP contribution in [0.1, 0.15) is 201 Å². The van der Waals surface area contributed by atoms with Gasteiger partial charge in [-0.05, 0) is 173 Å². The molecule has 0 spiro atoms. The maximum Gasteiger partial charge on any atom is 0.305 e. The summed E-state index contributed by atoms with van der Waals surface area (Å²) in [7, 11) is -2.26. The van der Waals surface area contributed by atoms with E-state index in [0.717, 1.165) is 38.9 Å². The van der Waals surface area contributed by atoms with Crippen molar-refractivity contribution in [2.45, 2.75) is 242 Å². The number of benzene rings is 6. The van der Waals surface area contributed by atoms with Gasteiger partial charge in [0.25, 0.3) is 0 Å². The number of rotatable bonds is 56. The van der Waals surface area contributed by atoms with Crippen LogP contribution >= 0.6 is 34.8 Å². The maximum absolute atomic E-state index is 14.0. The van der Waals surface area contributed by atoms with Crippen LogP contribution in [0.2, 0.25) is 0 Å². The van der Waals surface area contributed by atoms with E-state index in [1.807, 2.05) is 84.9 Å². The lowest BCUT2D eigenvalue weighted by molar-refractivity contribution is -0.146. The third kappa shape index (κ3) is 42.0. The summed E-state index contributed by atoms with van der Waals surface area (Å²) in [4.78, 5) is 272. The zero-order valence-electron chi connectivity index (χ0n) is 85.0. The summed E-state index contributed by atoms with van der Waals surface area (Å²) in [5.41, 5.74) is 20.0. The van der Waals surface area contributed by atoms with Gasteiger partial charge in [0, 0.05) is 127 Å². The van der Waals surface area contributed by atoms with Gasteiger partial charge in [0.1, 0.15) is 63.7 Å². The molecule has 6 aromatic rings. The van der Waals surface area contributed by atoms with Gasteiger partial charge in [0.2, 0.25) is 88.6 Å². The van der Waals surface area contributed by atoms with Gasteiger partial charge in [-0.1, -0.05) is 140 Å². The molecule has 150 heavy (non-hydrogen) atoms. The summed E-state index contributed by atoms with van der Waals surface area (Å²) in [5, 5.41) is 37.0. The second-order valence-corrected chi connectivity index (χ2v) is 40.7. The molecule has 0 aromatic heterocycles. The van der Waals surface area contributed by atoms with Crippen molar-refractivity contribution >= 4 is 190 Å². The van der Waals surface area contributed by atoms with E-state index in [4.69, 9.17) is 52.0 Å². The number of ether oxygens (including phenoxy) is 1.